The van der Waals surface area contributed by atoms with E-state index in [0.717, 1.165) is 21.9 Å². The summed E-state index contributed by atoms with van der Waals surface area (Å²) in [5.74, 6) is 0. The summed E-state index contributed by atoms with van der Waals surface area (Å²) in [7, 11) is 0. The van der Waals surface area contributed by atoms with Crippen LogP contribution in [0.15, 0.2) is 70.0 Å². The first-order chi connectivity index (χ1) is 10.7. The molecule has 0 atom stereocenters. The Morgan fingerprint density at radius 1 is 0.955 bits per heavy atom. The molecule has 108 valence electrons. The highest BCUT2D eigenvalue weighted by atomic mass is 16.3. The topological polar surface area (TPSA) is 35.1 Å². The summed E-state index contributed by atoms with van der Waals surface area (Å²) in [4.78, 5) is 12.6. The van der Waals surface area contributed by atoms with Crippen LogP contribution in [-0.4, -0.2) is 4.57 Å². The fourth-order valence-corrected chi connectivity index (χ4v) is 2.90. The van der Waals surface area contributed by atoms with E-state index in [4.69, 9.17) is 4.42 Å². The van der Waals surface area contributed by atoms with Gasteiger partial charge in [-0.15, -0.1) is 0 Å². The standard InChI is InChI=1S/C19H15NO2/c1-13-18-16(15-9-5-6-10-17(15)22-18)12-20(19(13)21)11-14-7-3-2-4-8-14/h2-10,12H,11H2,1H3. The third-order valence-corrected chi connectivity index (χ3v) is 4.04. The van der Waals surface area contributed by atoms with Crippen LogP contribution < -0.4 is 5.56 Å². The fraction of sp³-hybridized carbons (Fsp3) is 0.105. The predicted octanol–water partition coefficient (Wildman–Crippen LogP) is 4.10. The minimum absolute atomic E-state index is 0.00425. The normalized spacial score (nSPS) is 11.3. The molecule has 0 spiro atoms. The van der Waals surface area contributed by atoms with Gasteiger partial charge in [0.25, 0.3) is 5.56 Å². The molecule has 0 radical (unpaired) electrons. The van der Waals surface area contributed by atoms with Crippen molar-refractivity contribution in [1.82, 2.24) is 4.57 Å². The molecule has 22 heavy (non-hydrogen) atoms. The first-order valence-electron chi connectivity index (χ1n) is 7.29. The van der Waals surface area contributed by atoms with E-state index >= 15 is 0 Å². The third-order valence-electron chi connectivity index (χ3n) is 4.04. The first-order valence-corrected chi connectivity index (χ1v) is 7.29. The molecule has 4 aromatic rings. The Hall–Kier alpha value is -2.81. The highest BCUT2D eigenvalue weighted by Crippen LogP contribution is 2.29. The second-order valence-electron chi connectivity index (χ2n) is 5.51. The van der Waals surface area contributed by atoms with Crippen LogP contribution in [0.3, 0.4) is 0 Å². The number of para-hydroxylation sites is 1. The van der Waals surface area contributed by atoms with Crippen molar-refractivity contribution in [1.29, 1.82) is 0 Å². The molecule has 2 aromatic heterocycles. The molecule has 0 amide bonds. The number of rotatable bonds is 2. The molecule has 0 N–H and O–H groups in total. The lowest BCUT2D eigenvalue weighted by molar-refractivity contribution is 0.658. The number of fused-ring (bicyclic) bond motifs is 3. The molecule has 0 saturated carbocycles. The Balaban J connectivity index is 1.97. The minimum Gasteiger partial charge on any atom is -0.456 e. The minimum atomic E-state index is -0.00425. The smallest absolute Gasteiger partial charge is 0.257 e. The molecular weight excluding hydrogens is 274 g/mol. The van der Waals surface area contributed by atoms with Gasteiger partial charge in [-0.05, 0) is 18.6 Å². The molecule has 2 aromatic carbocycles. The van der Waals surface area contributed by atoms with Crippen molar-refractivity contribution in [3.8, 4) is 0 Å². The monoisotopic (exact) mass is 289 g/mol. The highest BCUT2D eigenvalue weighted by molar-refractivity contribution is 6.05. The fourth-order valence-electron chi connectivity index (χ4n) is 2.90. The first kappa shape index (κ1) is 12.9. The Morgan fingerprint density at radius 2 is 1.68 bits per heavy atom. The lowest BCUT2D eigenvalue weighted by Crippen LogP contribution is -2.22. The summed E-state index contributed by atoms with van der Waals surface area (Å²) in [6.45, 7) is 2.39. The average Bonchev–Trinajstić information content (AvgIpc) is 2.92. The van der Waals surface area contributed by atoms with Crippen molar-refractivity contribution in [2.75, 3.05) is 0 Å². The zero-order valence-electron chi connectivity index (χ0n) is 12.2. The van der Waals surface area contributed by atoms with Crippen molar-refractivity contribution in [2.45, 2.75) is 13.5 Å². The van der Waals surface area contributed by atoms with Gasteiger partial charge < -0.3 is 8.98 Å². The van der Waals surface area contributed by atoms with Crippen LogP contribution >= 0.6 is 0 Å². The summed E-state index contributed by atoms with van der Waals surface area (Å²) in [5.41, 5.74) is 3.27. The maximum atomic E-state index is 12.6. The van der Waals surface area contributed by atoms with E-state index in [1.165, 1.54) is 0 Å². The molecule has 0 unspecified atom stereocenters. The van der Waals surface area contributed by atoms with Crippen LogP contribution in [0.2, 0.25) is 0 Å². The van der Waals surface area contributed by atoms with Gasteiger partial charge in [0.05, 0.1) is 12.1 Å². The van der Waals surface area contributed by atoms with Crippen molar-refractivity contribution >= 4 is 21.9 Å². The summed E-state index contributed by atoms with van der Waals surface area (Å²) in [6, 6.07) is 17.9. The maximum Gasteiger partial charge on any atom is 0.257 e. The number of aromatic nitrogens is 1. The van der Waals surface area contributed by atoms with Crippen molar-refractivity contribution < 1.29 is 4.42 Å². The summed E-state index contributed by atoms with van der Waals surface area (Å²) in [6.07, 6.45) is 1.91. The summed E-state index contributed by atoms with van der Waals surface area (Å²) < 4.78 is 7.61. The molecule has 0 bridgehead atoms. The molecule has 3 nitrogen and oxygen atoms in total. The number of hydrogen-bond acceptors (Lipinski definition) is 2. The van der Waals surface area contributed by atoms with Gasteiger partial charge >= 0.3 is 0 Å². The van der Waals surface area contributed by atoms with E-state index in [-0.39, 0.29) is 5.56 Å². The number of pyridine rings is 1. The van der Waals surface area contributed by atoms with Gasteiger partial charge in [0.1, 0.15) is 11.2 Å². The number of aryl methyl sites for hydroxylation is 1. The van der Waals surface area contributed by atoms with Crippen molar-refractivity contribution in [3.05, 3.63) is 82.3 Å². The van der Waals surface area contributed by atoms with Gasteiger partial charge in [0, 0.05) is 17.0 Å². The number of furan rings is 1. The van der Waals surface area contributed by atoms with E-state index in [2.05, 4.69) is 0 Å². The van der Waals surface area contributed by atoms with Gasteiger partial charge in [-0.3, -0.25) is 4.79 Å². The van der Waals surface area contributed by atoms with Gasteiger partial charge in [-0.25, -0.2) is 0 Å². The Kier molecular flexibility index (Phi) is 2.86. The van der Waals surface area contributed by atoms with Gasteiger partial charge in [-0.1, -0.05) is 48.5 Å². The molecule has 4 rings (SSSR count). The third kappa shape index (κ3) is 1.94. The summed E-state index contributed by atoms with van der Waals surface area (Å²) in [5, 5.41) is 2.03. The largest absolute Gasteiger partial charge is 0.456 e. The maximum absolute atomic E-state index is 12.6. The second kappa shape index (κ2) is 4.88. The highest BCUT2D eigenvalue weighted by Gasteiger charge is 2.13. The van der Waals surface area contributed by atoms with E-state index < -0.39 is 0 Å². The van der Waals surface area contributed by atoms with E-state index in [0.29, 0.717) is 17.7 Å². The van der Waals surface area contributed by atoms with Crippen LogP contribution in [0.4, 0.5) is 0 Å². The molecule has 3 heteroatoms. The quantitative estimate of drug-likeness (QED) is 0.557. The lowest BCUT2D eigenvalue weighted by atomic mass is 10.1. The van der Waals surface area contributed by atoms with Crippen molar-refractivity contribution in [2.24, 2.45) is 0 Å². The molecule has 0 saturated heterocycles. The Morgan fingerprint density at radius 3 is 2.50 bits per heavy atom. The number of nitrogens with zero attached hydrogens (tertiary/aromatic N) is 1. The lowest BCUT2D eigenvalue weighted by Gasteiger charge is -2.07. The van der Waals surface area contributed by atoms with Crippen LogP contribution in [0, 0.1) is 6.92 Å². The Bertz CT molecular complexity index is 1030. The van der Waals surface area contributed by atoms with Crippen LogP contribution in [0.1, 0.15) is 11.1 Å². The zero-order chi connectivity index (χ0) is 15.1. The molecular formula is C19H15NO2. The van der Waals surface area contributed by atoms with Crippen LogP contribution in [-0.2, 0) is 6.54 Å². The number of hydrogen-bond donors (Lipinski definition) is 0. The predicted molar refractivity (Wildman–Crippen MR) is 88.3 cm³/mol. The molecule has 2 heterocycles. The SMILES string of the molecule is Cc1c(=O)n(Cc2ccccc2)cc2c1oc1ccccc12. The van der Waals surface area contributed by atoms with Crippen LogP contribution in [0.25, 0.3) is 21.9 Å². The van der Waals surface area contributed by atoms with E-state index in [9.17, 15) is 4.79 Å². The molecule has 0 aliphatic heterocycles. The molecule has 0 aliphatic rings. The van der Waals surface area contributed by atoms with Gasteiger partial charge in [-0.2, -0.15) is 0 Å². The number of benzene rings is 2. The van der Waals surface area contributed by atoms with Crippen LogP contribution in [0.5, 0.6) is 0 Å². The molecule has 0 fully saturated rings. The zero-order valence-corrected chi connectivity index (χ0v) is 12.2. The van der Waals surface area contributed by atoms with Gasteiger partial charge in [0.15, 0.2) is 0 Å². The second-order valence-corrected chi connectivity index (χ2v) is 5.51. The Labute approximate surface area is 127 Å². The molecule has 0 aliphatic carbocycles. The average molecular weight is 289 g/mol. The van der Waals surface area contributed by atoms with Gasteiger partial charge in [0.2, 0.25) is 0 Å². The van der Waals surface area contributed by atoms with E-state index in [1.54, 1.807) is 4.57 Å². The van der Waals surface area contributed by atoms with E-state index in [1.807, 2.05) is 67.7 Å². The van der Waals surface area contributed by atoms with Crippen molar-refractivity contribution in [3.63, 3.8) is 0 Å². The summed E-state index contributed by atoms with van der Waals surface area (Å²) >= 11 is 0.